The molecule has 0 amide bonds. The SMILES string of the molecule is CC(CC(=O)O)(C(=O)O)C1C2CC3CC(C2)CC1C3. The summed E-state index contributed by atoms with van der Waals surface area (Å²) < 4.78 is 0. The summed E-state index contributed by atoms with van der Waals surface area (Å²) in [6.45, 7) is 1.66. The van der Waals surface area contributed by atoms with E-state index in [4.69, 9.17) is 5.11 Å². The lowest BCUT2D eigenvalue weighted by molar-refractivity contribution is -0.171. The molecule has 4 saturated carbocycles. The molecular weight excluding hydrogens is 244 g/mol. The molecule has 4 aliphatic rings. The van der Waals surface area contributed by atoms with E-state index in [1.807, 2.05) is 0 Å². The zero-order valence-electron chi connectivity index (χ0n) is 11.3. The molecule has 4 nitrogen and oxygen atoms in total. The maximum Gasteiger partial charge on any atom is 0.310 e. The highest BCUT2D eigenvalue weighted by atomic mass is 16.4. The number of aliphatic carboxylic acids is 2. The standard InChI is InChI=1S/C15H22O4/c1-15(14(18)19,7-12(16)17)13-10-3-8-2-9(5-10)6-11(13)4-8/h8-11,13H,2-7H2,1H3,(H,16,17)(H,18,19). The van der Waals surface area contributed by atoms with Gasteiger partial charge in [0.15, 0.2) is 0 Å². The van der Waals surface area contributed by atoms with Crippen LogP contribution in [0.5, 0.6) is 0 Å². The van der Waals surface area contributed by atoms with Crippen LogP contribution in [0.15, 0.2) is 0 Å². The molecule has 1 unspecified atom stereocenters. The Morgan fingerprint density at radius 2 is 1.47 bits per heavy atom. The fourth-order valence-electron chi connectivity index (χ4n) is 5.62. The summed E-state index contributed by atoms with van der Waals surface area (Å²) in [7, 11) is 0. The van der Waals surface area contributed by atoms with Gasteiger partial charge in [0.25, 0.3) is 0 Å². The molecule has 2 N–H and O–H groups in total. The molecule has 0 heterocycles. The van der Waals surface area contributed by atoms with Crippen molar-refractivity contribution in [1.82, 2.24) is 0 Å². The fourth-order valence-corrected chi connectivity index (χ4v) is 5.62. The molecule has 0 spiro atoms. The number of hydrogen-bond donors (Lipinski definition) is 2. The van der Waals surface area contributed by atoms with E-state index in [-0.39, 0.29) is 12.3 Å². The van der Waals surface area contributed by atoms with Crippen LogP contribution in [0.1, 0.15) is 45.4 Å². The summed E-state index contributed by atoms with van der Waals surface area (Å²) in [5, 5.41) is 18.7. The van der Waals surface area contributed by atoms with Crippen molar-refractivity contribution in [3.63, 3.8) is 0 Å². The van der Waals surface area contributed by atoms with Gasteiger partial charge in [0.05, 0.1) is 11.8 Å². The molecule has 1 atom stereocenters. The van der Waals surface area contributed by atoms with Gasteiger partial charge in [-0.1, -0.05) is 0 Å². The van der Waals surface area contributed by atoms with E-state index < -0.39 is 17.4 Å². The Morgan fingerprint density at radius 3 is 1.84 bits per heavy atom. The molecule has 4 fully saturated rings. The molecule has 19 heavy (non-hydrogen) atoms. The molecule has 0 aromatic carbocycles. The molecule has 4 rings (SSSR count). The zero-order valence-corrected chi connectivity index (χ0v) is 11.3. The van der Waals surface area contributed by atoms with E-state index in [0.29, 0.717) is 11.8 Å². The Morgan fingerprint density at radius 1 is 1.00 bits per heavy atom. The summed E-state index contributed by atoms with van der Waals surface area (Å²) >= 11 is 0. The van der Waals surface area contributed by atoms with E-state index in [9.17, 15) is 14.7 Å². The molecule has 0 radical (unpaired) electrons. The van der Waals surface area contributed by atoms with Gasteiger partial charge in [-0.25, -0.2) is 0 Å². The first-order valence-corrected chi connectivity index (χ1v) is 7.35. The predicted molar refractivity (Wildman–Crippen MR) is 68.5 cm³/mol. The van der Waals surface area contributed by atoms with Gasteiger partial charge in [-0.2, -0.15) is 0 Å². The topological polar surface area (TPSA) is 74.6 Å². The summed E-state index contributed by atoms with van der Waals surface area (Å²) in [6.07, 6.45) is 5.58. The highest BCUT2D eigenvalue weighted by molar-refractivity contribution is 5.81. The Hall–Kier alpha value is -1.06. The largest absolute Gasteiger partial charge is 0.481 e. The minimum Gasteiger partial charge on any atom is -0.481 e. The van der Waals surface area contributed by atoms with Gasteiger partial charge in [0, 0.05) is 0 Å². The Labute approximate surface area is 113 Å². The van der Waals surface area contributed by atoms with Crippen molar-refractivity contribution in [2.75, 3.05) is 0 Å². The Balaban J connectivity index is 1.90. The van der Waals surface area contributed by atoms with Gasteiger partial charge in [-0.15, -0.1) is 0 Å². The van der Waals surface area contributed by atoms with Crippen LogP contribution in [0.3, 0.4) is 0 Å². The van der Waals surface area contributed by atoms with Crippen molar-refractivity contribution in [3.05, 3.63) is 0 Å². The minimum absolute atomic E-state index is 0.0638. The van der Waals surface area contributed by atoms with Crippen LogP contribution in [0.25, 0.3) is 0 Å². The molecule has 4 heteroatoms. The molecule has 4 bridgehead atoms. The quantitative estimate of drug-likeness (QED) is 0.820. The molecule has 4 aliphatic carbocycles. The van der Waals surface area contributed by atoms with Gasteiger partial charge in [-0.3, -0.25) is 9.59 Å². The van der Waals surface area contributed by atoms with Crippen LogP contribution in [-0.2, 0) is 9.59 Å². The van der Waals surface area contributed by atoms with Crippen molar-refractivity contribution < 1.29 is 19.8 Å². The maximum absolute atomic E-state index is 11.7. The average molecular weight is 266 g/mol. The van der Waals surface area contributed by atoms with E-state index >= 15 is 0 Å². The van der Waals surface area contributed by atoms with Crippen molar-refractivity contribution in [1.29, 1.82) is 0 Å². The molecule has 0 aliphatic heterocycles. The van der Waals surface area contributed by atoms with Crippen molar-refractivity contribution in [2.24, 2.45) is 35.0 Å². The van der Waals surface area contributed by atoms with Gasteiger partial charge >= 0.3 is 11.9 Å². The van der Waals surface area contributed by atoms with Gasteiger partial charge in [-0.05, 0) is 68.6 Å². The fraction of sp³-hybridized carbons (Fsp3) is 0.867. The van der Waals surface area contributed by atoms with Crippen molar-refractivity contribution in [2.45, 2.75) is 45.4 Å². The van der Waals surface area contributed by atoms with Crippen LogP contribution < -0.4 is 0 Å². The summed E-state index contributed by atoms with van der Waals surface area (Å²) in [5.41, 5.74) is -1.09. The minimum atomic E-state index is -1.09. The Bertz CT molecular complexity index is 388. The first-order valence-electron chi connectivity index (χ1n) is 7.35. The normalized spacial score (nSPS) is 42.9. The van der Waals surface area contributed by atoms with E-state index in [2.05, 4.69) is 0 Å². The molecule has 0 aromatic heterocycles. The second kappa shape index (κ2) is 4.22. The van der Waals surface area contributed by atoms with Crippen LogP contribution in [0.4, 0.5) is 0 Å². The summed E-state index contributed by atoms with van der Waals surface area (Å²) in [4.78, 5) is 22.8. The predicted octanol–water partition coefficient (Wildman–Crippen LogP) is 2.62. The second-order valence-electron chi connectivity index (χ2n) is 7.25. The van der Waals surface area contributed by atoms with Crippen LogP contribution in [0.2, 0.25) is 0 Å². The molecular formula is C15H22O4. The highest BCUT2D eigenvalue weighted by Gasteiger charge is 2.57. The lowest BCUT2D eigenvalue weighted by Crippen LogP contribution is -2.54. The Kier molecular flexibility index (Phi) is 2.88. The maximum atomic E-state index is 11.7. The van der Waals surface area contributed by atoms with Gasteiger partial charge in [0.1, 0.15) is 0 Å². The van der Waals surface area contributed by atoms with Crippen LogP contribution >= 0.6 is 0 Å². The lowest BCUT2D eigenvalue weighted by atomic mass is 9.46. The molecule has 0 aromatic rings. The molecule has 106 valence electrons. The number of carboxylic acid groups (broad SMARTS) is 2. The third-order valence-corrected chi connectivity index (χ3v) is 5.97. The average Bonchev–Trinajstić information content (AvgIpc) is 2.25. The monoisotopic (exact) mass is 266 g/mol. The highest BCUT2D eigenvalue weighted by Crippen LogP contribution is 2.61. The van der Waals surface area contributed by atoms with Crippen molar-refractivity contribution >= 4 is 11.9 Å². The first kappa shape index (κ1) is 12.9. The summed E-state index contributed by atoms with van der Waals surface area (Å²) in [5.74, 6) is 0.594. The zero-order chi connectivity index (χ0) is 13.8. The van der Waals surface area contributed by atoms with Gasteiger partial charge < -0.3 is 10.2 Å². The number of carbonyl (C=O) groups is 2. The third kappa shape index (κ3) is 1.96. The summed E-state index contributed by atoms with van der Waals surface area (Å²) in [6, 6.07) is 0. The van der Waals surface area contributed by atoms with Crippen LogP contribution in [-0.4, -0.2) is 22.2 Å². The molecule has 0 saturated heterocycles. The number of rotatable bonds is 4. The number of hydrogen-bond acceptors (Lipinski definition) is 2. The van der Waals surface area contributed by atoms with E-state index in [1.54, 1.807) is 6.92 Å². The first-order chi connectivity index (χ1) is 8.90. The van der Waals surface area contributed by atoms with Crippen molar-refractivity contribution in [3.8, 4) is 0 Å². The van der Waals surface area contributed by atoms with Gasteiger partial charge in [0.2, 0.25) is 0 Å². The van der Waals surface area contributed by atoms with E-state index in [0.717, 1.165) is 37.5 Å². The van der Waals surface area contributed by atoms with E-state index in [1.165, 1.54) is 6.42 Å². The smallest absolute Gasteiger partial charge is 0.310 e. The third-order valence-electron chi connectivity index (χ3n) is 5.97. The number of carboxylic acids is 2. The lowest BCUT2D eigenvalue weighted by Gasteiger charge is -2.58. The second-order valence-corrected chi connectivity index (χ2v) is 7.25. The van der Waals surface area contributed by atoms with Crippen LogP contribution in [0, 0.1) is 35.0 Å².